The van der Waals surface area contributed by atoms with Gasteiger partial charge in [-0.1, -0.05) is 17.8 Å². The third kappa shape index (κ3) is 3.60. The number of rotatable bonds is 4. The lowest BCUT2D eigenvalue weighted by molar-refractivity contribution is 0.0600. The molecular formula is C14H11NO2S2. The number of esters is 1. The fraction of sp³-hybridized carbons (Fsp3) is 0.143. The number of thiophene rings is 1. The van der Waals surface area contributed by atoms with Crippen molar-refractivity contribution < 1.29 is 9.53 Å². The molecule has 0 aliphatic rings. The number of nitriles is 1. The Morgan fingerprint density at radius 1 is 1.42 bits per heavy atom. The molecule has 0 atom stereocenters. The van der Waals surface area contributed by atoms with Crippen LogP contribution in [0, 0.1) is 11.3 Å². The summed E-state index contributed by atoms with van der Waals surface area (Å²) in [6, 6.07) is 13.4. The Kier molecular flexibility index (Phi) is 4.61. The van der Waals surface area contributed by atoms with Gasteiger partial charge in [0.15, 0.2) is 0 Å². The van der Waals surface area contributed by atoms with E-state index in [1.165, 1.54) is 7.11 Å². The lowest BCUT2D eigenvalue weighted by Gasteiger charge is -2.02. The highest BCUT2D eigenvalue weighted by molar-refractivity contribution is 8.01. The average Bonchev–Trinajstić information content (AvgIpc) is 2.86. The van der Waals surface area contributed by atoms with Crippen molar-refractivity contribution in [2.75, 3.05) is 7.11 Å². The minimum atomic E-state index is -0.334. The smallest absolute Gasteiger partial charge is 0.337 e. The summed E-state index contributed by atoms with van der Waals surface area (Å²) in [5.74, 6) is -0.334. The number of methoxy groups -OCH3 is 1. The molecule has 19 heavy (non-hydrogen) atoms. The number of carbonyl (C=O) groups is 1. The summed E-state index contributed by atoms with van der Waals surface area (Å²) in [6.45, 7) is 0. The lowest BCUT2D eigenvalue weighted by Crippen LogP contribution is -2.00. The molecule has 0 unspecified atom stereocenters. The fourth-order valence-electron chi connectivity index (χ4n) is 1.51. The van der Waals surface area contributed by atoms with Crippen LogP contribution in [0.25, 0.3) is 0 Å². The zero-order chi connectivity index (χ0) is 13.7. The number of hydrogen-bond donors (Lipinski definition) is 0. The van der Waals surface area contributed by atoms with Crippen LogP contribution in [0.3, 0.4) is 0 Å². The first-order valence-corrected chi connectivity index (χ1v) is 7.18. The van der Waals surface area contributed by atoms with Crippen LogP contribution in [0.15, 0.2) is 45.5 Å². The van der Waals surface area contributed by atoms with Crippen LogP contribution < -0.4 is 0 Å². The molecule has 0 radical (unpaired) electrons. The van der Waals surface area contributed by atoms with Crippen molar-refractivity contribution in [3.05, 3.63) is 46.8 Å². The molecule has 0 saturated carbocycles. The van der Waals surface area contributed by atoms with E-state index in [-0.39, 0.29) is 5.97 Å². The quantitative estimate of drug-likeness (QED) is 0.804. The van der Waals surface area contributed by atoms with Gasteiger partial charge >= 0.3 is 5.97 Å². The molecule has 1 aromatic heterocycles. The van der Waals surface area contributed by atoms with Crippen molar-refractivity contribution in [3.8, 4) is 6.07 Å². The largest absolute Gasteiger partial charge is 0.465 e. The summed E-state index contributed by atoms with van der Waals surface area (Å²) in [5.41, 5.74) is 0.543. The molecule has 0 fully saturated rings. The highest BCUT2D eigenvalue weighted by atomic mass is 32.2. The third-order valence-electron chi connectivity index (χ3n) is 2.36. The first-order valence-electron chi connectivity index (χ1n) is 5.55. The van der Waals surface area contributed by atoms with Crippen molar-refractivity contribution in [2.45, 2.75) is 15.5 Å². The van der Waals surface area contributed by atoms with Gasteiger partial charge < -0.3 is 4.74 Å². The van der Waals surface area contributed by atoms with Crippen LogP contribution in [0.5, 0.6) is 0 Å². The van der Waals surface area contributed by atoms with E-state index in [1.54, 1.807) is 35.2 Å². The molecule has 1 aromatic carbocycles. The first-order chi connectivity index (χ1) is 9.22. The Hall–Kier alpha value is -1.77. The highest BCUT2D eigenvalue weighted by Gasteiger charge is 2.07. The number of carbonyl (C=O) groups excluding carboxylic acids is 1. The van der Waals surface area contributed by atoms with Crippen LogP contribution in [0.4, 0.5) is 0 Å². The normalized spacial score (nSPS) is 9.89. The number of hydrogen-bond acceptors (Lipinski definition) is 5. The van der Waals surface area contributed by atoms with Gasteiger partial charge in [0.2, 0.25) is 0 Å². The Labute approximate surface area is 119 Å². The molecule has 1 heterocycles. The van der Waals surface area contributed by atoms with Crippen LogP contribution in [0.1, 0.15) is 15.2 Å². The minimum absolute atomic E-state index is 0.334. The van der Waals surface area contributed by atoms with Gasteiger partial charge in [0, 0.05) is 9.77 Å². The minimum Gasteiger partial charge on any atom is -0.465 e. The molecule has 96 valence electrons. The van der Waals surface area contributed by atoms with E-state index in [0.29, 0.717) is 12.0 Å². The van der Waals surface area contributed by atoms with Crippen LogP contribution in [-0.2, 0) is 11.2 Å². The summed E-state index contributed by atoms with van der Waals surface area (Å²) in [4.78, 5) is 13.5. The SMILES string of the molecule is COC(=O)c1cccc(Sc2ccc(CC#N)s2)c1. The second-order valence-electron chi connectivity index (χ2n) is 3.68. The van der Waals surface area contributed by atoms with Gasteiger partial charge in [-0.25, -0.2) is 4.79 Å². The van der Waals surface area contributed by atoms with Crippen molar-refractivity contribution in [1.82, 2.24) is 0 Å². The van der Waals surface area contributed by atoms with Gasteiger partial charge in [-0.3, -0.25) is 0 Å². The topological polar surface area (TPSA) is 50.1 Å². The molecule has 0 aliphatic carbocycles. The predicted octanol–water partition coefficient (Wildman–Crippen LogP) is 3.75. The molecule has 0 spiro atoms. The number of benzene rings is 1. The molecule has 5 heteroatoms. The Balaban J connectivity index is 2.14. The second-order valence-corrected chi connectivity index (χ2v) is 6.22. The van der Waals surface area contributed by atoms with Crippen LogP contribution >= 0.6 is 23.1 Å². The van der Waals surface area contributed by atoms with Crippen molar-refractivity contribution in [1.29, 1.82) is 5.26 Å². The predicted molar refractivity (Wildman–Crippen MR) is 75.5 cm³/mol. The van der Waals surface area contributed by atoms with E-state index in [2.05, 4.69) is 6.07 Å². The molecule has 0 saturated heterocycles. The number of nitrogens with zero attached hydrogens (tertiary/aromatic N) is 1. The van der Waals surface area contributed by atoms with Crippen molar-refractivity contribution in [3.63, 3.8) is 0 Å². The molecule has 3 nitrogen and oxygen atoms in total. The zero-order valence-electron chi connectivity index (χ0n) is 10.3. The van der Waals surface area contributed by atoms with Crippen molar-refractivity contribution in [2.24, 2.45) is 0 Å². The summed E-state index contributed by atoms with van der Waals surface area (Å²) in [7, 11) is 1.37. The molecule has 0 N–H and O–H groups in total. The maximum atomic E-state index is 11.4. The zero-order valence-corrected chi connectivity index (χ0v) is 11.9. The fourth-order valence-corrected chi connectivity index (χ4v) is 3.65. The maximum absolute atomic E-state index is 11.4. The Morgan fingerprint density at radius 2 is 2.26 bits per heavy atom. The molecule has 0 amide bonds. The Bertz CT molecular complexity index is 628. The van der Waals surface area contributed by atoms with E-state index < -0.39 is 0 Å². The third-order valence-corrected chi connectivity index (χ3v) is 4.57. The second kappa shape index (κ2) is 6.41. The van der Waals surface area contributed by atoms with Crippen molar-refractivity contribution >= 4 is 29.1 Å². The molecule has 2 aromatic rings. The lowest BCUT2D eigenvalue weighted by atomic mass is 10.2. The van der Waals surface area contributed by atoms with E-state index >= 15 is 0 Å². The van der Waals surface area contributed by atoms with Crippen LogP contribution in [0.2, 0.25) is 0 Å². The van der Waals surface area contributed by atoms with Gasteiger partial charge in [-0.2, -0.15) is 5.26 Å². The summed E-state index contributed by atoms with van der Waals surface area (Å²) in [6.07, 6.45) is 0.438. The van der Waals surface area contributed by atoms with E-state index in [4.69, 9.17) is 10.00 Å². The molecule has 0 aliphatic heterocycles. The molecule has 0 bridgehead atoms. The Morgan fingerprint density at radius 3 is 3.00 bits per heavy atom. The average molecular weight is 289 g/mol. The van der Waals surface area contributed by atoms with Gasteiger partial charge in [-0.05, 0) is 30.3 Å². The maximum Gasteiger partial charge on any atom is 0.337 e. The summed E-state index contributed by atoms with van der Waals surface area (Å²) < 4.78 is 5.80. The van der Waals surface area contributed by atoms with Gasteiger partial charge in [-0.15, -0.1) is 11.3 Å². The summed E-state index contributed by atoms with van der Waals surface area (Å²) >= 11 is 3.17. The standard InChI is InChI=1S/C14H11NO2S2/c1-17-14(16)10-3-2-4-12(9-10)19-13-6-5-11(18-13)7-8-15/h2-6,9H,7H2,1H3. The van der Waals surface area contributed by atoms with E-state index in [1.807, 2.05) is 24.3 Å². The van der Waals surface area contributed by atoms with Gasteiger partial charge in [0.25, 0.3) is 0 Å². The summed E-state index contributed by atoms with van der Waals surface area (Å²) in [5, 5.41) is 8.64. The monoisotopic (exact) mass is 289 g/mol. The van der Waals surface area contributed by atoms with Gasteiger partial charge in [0.05, 0.1) is 29.4 Å². The van der Waals surface area contributed by atoms with Crippen LogP contribution in [-0.4, -0.2) is 13.1 Å². The first kappa shape index (κ1) is 13.7. The van der Waals surface area contributed by atoms with E-state index in [0.717, 1.165) is 14.0 Å². The molecular weight excluding hydrogens is 278 g/mol. The van der Waals surface area contributed by atoms with E-state index in [9.17, 15) is 4.79 Å². The number of ether oxygens (including phenoxy) is 1. The highest BCUT2D eigenvalue weighted by Crippen LogP contribution is 2.33. The molecule has 2 rings (SSSR count). The van der Waals surface area contributed by atoms with Gasteiger partial charge in [0.1, 0.15) is 0 Å².